The Morgan fingerprint density at radius 1 is 1.07 bits per heavy atom. The number of ketones is 1. The van der Waals surface area contributed by atoms with Gasteiger partial charge < -0.3 is 35.0 Å². The van der Waals surface area contributed by atoms with Crippen LogP contribution in [0.5, 0.6) is 0 Å². The summed E-state index contributed by atoms with van der Waals surface area (Å²) in [4.78, 5) is 12.6. The van der Waals surface area contributed by atoms with Gasteiger partial charge in [0.25, 0.3) is 0 Å². The van der Waals surface area contributed by atoms with Crippen molar-refractivity contribution >= 4 is 5.78 Å². The highest BCUT2D eigenvalue weighted by molar-refractivity contribution is 5.95. The quantitative estimate of drug-likeness (QED) is 0.326. The van der Waals surface area contributed by atoms with Crippen molar-refractivity contribution in [2.24, 2.45) is 44.8 Å². The molecule has 4 saturated carbocycles. The van der Waals surface area contributed by atoms with Crippen LogP contribution in [-0.4, -0.2) is 74.7 Å². The van der Waals surface area contributed by atoms with Crippen molar-refractivity contribution in [1.29, 1.82) is 0 Å². The minimum atomic E-state index is -1.32. The maximum Gasteiger partial charge on any atom is 0.197 e. The molecule has 8 heteroatoms. The number of hydrogen-bond donors (Lipinski definition) is 5. The number of carbonyl (C=O) groups excluding carboxylic acids is 1. The summed E-state index contributed by atoms with van der Waals surface area (Å²) in [7, 11) is 0. The first-order valence-corrected chi connectivity index (χ1v) is 15.3. The summed E-state index contributed by atoms with van der Waals surface area (Å²) < 4.78 is 12.0. The van der Waals surface area contributed by atoms with E-state index in [2.05, 4.69) is 40.7 Å². The summed E-state index contributed by atoms with van der Waals surface area (Å²) in [5.74, 6) is 0.326. The second kappa shape index (κ2) is 8.20. The summed E-state index contributed by atoms with van der Waals surface area (Å²) in [6.45, 7) is 11.1. The monoisotopic (exact) mass is 558 g/mol. The van der Waals surface area contributed by atoms with Crippen molar-refractivity contribution in [2.75, 3.05) is 6.61 Å². The van der Waals surface area contributed by atoms with E-state index in [1.165, 1.54) is 5.57 Å². The number of ether oxygens (including phenoxy) is 2. The standard InChI is InChI=1S/C32H46O8/c1-15-10-17(33)24(36)16-11-29(4)20-7-6-19-28(2,3)22(40-27-26(38)25(37)18(34)13-39-27)8-9-31(19)14-32(20,31)21(35)12-30(29,5)23(15)16/h7,15,18-19,21-23,25-27,34-38H,6,8-14H2,1-5H3/t15-,18-,19?,21+,22+,23+,25+,26-,27+,29+,30-,31-,32+/m1/s1. The first-order valence-electron chi connectivity index (χ1n) is 15.3. The van der Waals surface area contributed by atoms with E-state index in [4.69, 9.17) is 9.47 Å². The first kappa shape index (κ1) is 27.5. The fourth-order valence-electron chi connectivity index (χ4n) is 11.7. The molecule has 40 heavy (non-hydrogen) atoms. The molecule has 7 rings (SSSR count). The van der Waals surface area contributed by atoms with Crippen LogP contribution in [0.15, 0.2) is 23.0 Å². The Hall–Kier alpha value is -1.29. The number of hydrogen-bond acceptors (Lipinski definition) is 8. The normalized spacial score (nSPS) is 56.4. The minimum Gasteiger partial charge on any atom is -0.504 e. The van der Waals surface area contributed by atoms with Crippen molar-refractivity contribution in [3.8, 4) is 0 Å². The van der Waals surface area contributed by atoms with E-state index in [0.29, 0.717) is 19.3 Å². The largest absolute Gasteiger partial charge is 0.504 e. The average molecular weight is 559 g/mol. The van der Waals surface area contributed by atoms with Crippen molar-refractivity contribution in [3.05, 3.63) is 23.0 Å². The van der Waals surface area contributed by atoms with Crippen molar-refractivity contribution in [1.82, 2.24) is 0 Å². The van der Waals surface area contributed by atoms with E-state index in [0.717, 1.165) is 31.3 Å². The predicted octanol–water partition coefficient (Wildman–Crippen LogP) is 3.17. The highest BCUT2D eigenvalue weighted by Crippen LogP contribution is 2.88. The zero-order valence-electron chi connectivity index (χ0n) is 24.4. The molecule has 1 heterocycles. The van der Waals surface area contributed by atoms with Crippen LogP contribution in [0.4, 0.5) is 0 Å². The molecule has 0 aromatic carbocycles. The Morgan fingerprint density at radius 3 is 2.52 bits per heavy atom. The van der Waals surface area contributed by atoms with E-state index < -0.39 is 30.7 Å². The summed E-state index contributed by atoms with van der Waals surface area (Å²) in [5.41, 5.74) is 1.17. The average Bonchev–Trinajstić information content (AvgIpc) is 3.51. The molecular weight excluding hydrogens is 512 g/mol. The molecule has 5 N–H and O–H groups in total. The molecule has 1 aliphatic heterocycles. The van der Waals surface area contributed by atoms with Gasteiger partial charge in [-0.2, -0.15) is 0 Å². The van der Waals surface area contributed by atoms with Crippen LogP contribution in [0, 0.1) is 44.8 Å². The Labute approximate surface area is 236 Å². The van der Waals surface area contributed by atoms with Crippen LogP contribution in [-0.2, 0) is 14.3 Å². The summed E-state index contributed by atoms with van der Waals surface area (Å²) >= 11 is 0. The van der Waals surface area contributed by atoms with Gasteiger partial charge in [0.05, 0.1) is 18.8 Å². The van der Waals surface area contributed by atoms with Gasteiger partial charge in [-0.25, -0.2) is 0 Å². The van der Waals surface area contributed by atoms with Gasteiger partial charge in [0.15, 0.2) is 17.8 Å². The van der Waals surface area contributed by atoms with Gasteiger partial charge in [0, 0.05) is 11.8 Å². The lowest BCUT2D eigenvalue weighted by Crippen LogP contribution is -2.59. The van der Waals surface area contributed by atoms with Gasteiger partial charge >= 0.3 is 0 Å². The predicted molar refractivity (Wildman–Crippen MR) is 145 cm³/mol. The van der Waals surface area contributed by atoms with Crippen LogP contribution in [0.25, 0.3) is 0 Å². The van der Waals surface area contributed by atoms with Gasteiger partial charge in [0.2, 0.25) is 0 Å². The molecule has 1 saturated heterocycles. The highest BCUT2D eigenvalue weighted by Gasteiger charge is 2.83. The molecule has 222 valence electrons. The lowest BCUT2D eigenvalue weighted by molar-refractivity contribution is -0.301. The van der Waals surface area contributed by atoms with E-state index in [9.17, 15) is 30.3 Å². The Bertz CT molecular complexity index is 1210. The van der Waals surface area contributed by atoms with Crippen LogP contribution >= 0.6 is 0 Å². The number of aliphatic hydroxyl groups excluding tert-OH is 5. The van der Waals surface area contributed by atoms with Crippen molar-refractivity contribution < 1.29 is 39.8 Å². The van der Waals surface area contributed by atoms with Crippen molar-refractivity contribution in [3.63, 3.8) is 0 Å². The van der Waals surface area contributed by atoms with E-state index in [-0.39, 0.29) is 69.1 Å². The maximum absolute atomic E-state index is 12.6. The second-order valence-electron chi connectivity index (χ2n) is 15.5. The molecule has 1 unspecified atom stereocenters. The van der Waals surface area contributed by atoms with Gasteiger partial charge in [-0.05, 0) is 83.5 Å². The zero-order chi connectivity index (χ0) is 28.8. The second-order valence-corrected chi connectivity index (χ2v) is 15.5. The molecule has 0 radical (unpaired) electrons. The Morgan fingerprint density at radius 2 is 1.80 bits per heavy atom. The molecule has 5 fully saturated rings. The molecule has 7 aliphatic rings. The molecule has 0 bridgehead atoms. The molecule has 2 spiro atoms. The van der Waals surface area contributed by atoms with Gasteiger partial charge in [-0.15, -0.1) is 0 Å². The van der Waals surface area contributed by atoms with E-state index in [1.807, 2.05) is 0 Å². The molecule has 8 nitrogen and oxygen atoms in total. The zero-order valence-corrected chi connectivity index (χ0v) is 24.4. The fraction of sp³-hybridized carbons (Fsp3) is 0.844. The van der Waals surface area contributed by atoms with Gasteiger partial charge in [-0.3, -0.25) is 4.79 Å². The Balaban J connectivity index is 1.23. The molecule has 0 aromatic rings. The summed E-state index contributed by atoms with van der Waals surface area (Å²) in [6.07, 6.45) is 2.12. The number of rotatable bonds is 2. The topological polar surface area (TPSA) is 137 Å². The fourth-order valence-corrected chi connectivity index (χ4v) is 11.7. The molecule has 6 aliphatic carbocycles. The van der Waals surface area contributed by atoms with Crippen LogP contribution < -0.4 is 0 Å². The van der Waals surface area contributed by atoms with Gasteiger partial charge in [-0.1, -0.05) is 46.3 Å². The number of aliphatic hydroxyl groups is 5. The number of Topliss-reactive ketones (excluding diaryl/α,β-unsaturated/α-hetero) is 1. The third-order valence-electron chi connectivity index (χ3n) is 13.7. The molecule has 13 atom stereocenters. The maximum atomic E-state index is 12.6. The third-order valence-corrected chi connectivity index (χ3v) is 13.7. The summed E-state index contributed by atoms with van der Waals surface area (Å²) in [6, 6.07) is 0. The number of allylic oxidation sites excluding steroid dienone is 3. The minimum absolute atomic E-state index is 0.0215. The first-order chi connectivity index (χ1) is 18.7. The van der Waals surface area contributed by atoms with E-state index in [1.54, 1.807) is 0 Å². The molecular formula is C32H46O8. The Kier molecular flexibility index (Phi) is 5.65. The number of carbonyl (C=O) groups is 1. The van der Waals surface area contributed by atoms with E-state index >= 15 is 0 Å². The number of fused-ring (bicyclic) bond motifs is 4. The SMILES string of the molecule is C[C@@H]1CC(=O)C(O)=C2C[C@@]3(C)C4=CCC5C(C)(C)[C@@H](O[C@@H]6OC[C@@H](O)[C@H](O)[C@H]6O)CC[C@@]56C[C@@]46[C@@H](O)C[C@]3(C)[C@H]21. The van der Waals surface area contributed by atoms with Crippen molar-refractivity contribution in [2.45, 2.75) is 116 Å². The van der Waals surface area contributed by atoms with Gasteiger partial charge in [0.1, 0.15) is 18.3 Å². The van der Waals surface area contributed by atoms with Crippen LogP contribution in [0.3, 0.4) is 0 Å². The molecule has 0 amide bonds. The lowest BCUT2D eigenvalue weighted by Gasteiger charge is -2.61. The third kappa shape index (κ3) is 3.01. The molecule has 0 aromatic heterocycles. The van der Waals surface area contributed by atoms with Crippen LogP contribution in [0.1, 0.15) is 79.6 Å². The summed E-state index contributed by atoms with van der Waals surface area (Å²) in [5, 5.41) is 53.6. The lowest BCUT2D eigenvalue weighted by atomic mass is 9.44. The highest BCUT2D eigenvalue weighted by atomic mass is 16.7. The van der Waals surface area contributed by atoms with Crippen LogP contribution in [0.2, 0.25) is 0 Å². The smallest absolute Gasteiger partial charge is 0.197 e.